The van der Waals surface area contributed by atoms with Crippen LogP contribution in [0, 0.1) is 6.07 Å². The van der Waals surface area contributed by atoms with Crippen molar-refractivity contribution in [1.82, 2.24) is 4.31 Å². The number of hydrogen-bond donors (Lipinski definition) is 0. The summed E-state index contributed by atoms with van der Waals surface area (Å²) in [6.07, 6.45) is 2.42. The highest BCUT2D eigenvalue weighted by molar-refractivity contribution is 7.97. The van der Waals surface area contributed by atoms with Crippen LogP contribution in [0.15, 0.2) is 29.2 Å². The molecule has 0 aliphatic carbocycles. The summed E-state index contributed by atoms with van der Waals surface area (Å²) in [5.74, 6) is 0. The van der Waals surface area contributed by atoms with Gasteiger partial charge < -0.3 is 0 Å². The van der Waals surface area contributed by atoms with Crippen molar-refractivity contribution >= 4 is 11.9 Å². The summed E-state index contributed by atoms with van der Waals surface area (Å²) in [4.78, 5) is 1.22. The van der Waals surface area contributed by atoms with E-state index in [-0.39, 0.29) is 0 Å². The van der Waals surface area contributed by atoms with Gasteiger partial charge in [-0.3, -0.25) is 0 Å². The van der Waals surface area contributed by atoms with Crippen molar-refractivity contribution in [2.45, 2.75) is 31.6 Å². The van der Waals surface area contributed by atoms with Crippen LogP contribution in [0.4, 0.5) is 0 Å². The Morgan fingerprint density at radius 2 is 1.93 bits per heavy atom. The molecule has 0 fully saturated rings. The molecule has 0 heterocycles. The zero-order valence-corrected chi connectivity index (χ0v) is 9.81. The second-order valence-electron chi connectivity index (χ2n) is 3.25. The van der Waals surface area contributed by atoms with Gasteiger partial charge in [-0.1, -0.05) is 32.0 Å². The van der Waals surface area contributed by atoms with E-state index >= 15 is 0 Å². The van der Waals surface area contributed by atoms with Crippen molar-refractivity contribution in [3.05, 3.63) is 30.3 Å². The molecule has 0 N–H and O–H groups in total. The van der Waals surface area contributed by atoms with Crippen LogP contribution in [0.3, 0.4) is 0 Å². The lowest BCUT2D eigenvalue weighted by Gasteiger charge is -2.19. The molecule has 1 aromatic carbocycles. The molecule has 0 amide bonds. The van der Waals surface area contributed by atoms with Crippen molar-refractivity contribution in [3.63, 3.8) is 0 Å². The summed E-state index contributed by atoms with van der Waals surface area (Å²) in [5.41, 5.74) is 0. The maximum Gasteiger partial charge on any atom is 0.0309 e. The first-order chi connectivity index (χ1) is 6.86. The van der Waals surface area contributed by atoms with Gasteiger partial charge in [0, 0.05) is 18.0 Å². The molecule has 0 aliphatic rings. The molecule has 0 aromatic heterocycles. The molecule has 14 heavy (non-hydrogen) atoms. The lowest BCUT2D eigenvalue weighted by Crippen LogP contribution is -2.17. The summed E-state index contributed by atoms with van der Waals surface area (Å²) in [7, 11) is 0. The van der Waals surface area contributed by atoms with E-state index in [2.05, 4.69) is 36.4 Å². The van der Waals surface area contributed by atoms with Gasteiger partial charge in [0.25, 0.3) is 0 Å². The minimum absolute atomic E-state index is 1.15. The molecule has 0 saturated carbocycles. The Balaban J connectivity index is 2.46. The second kappa shape index (κ2) is 6.91. The Hall–Kier alpha value is -0.470. The largest absolute Gasteiger partial charge is 0.246 e. The normalized spacial score (nSPS) is 10.8. The quantitative estimate of drug-likeness (QED) is 0.657. The van der Waals surface area contributed by atoms with E-state index in [9.17, 15) is 0 Å². The lowest BCUT2D eigenvalue weighted by molar-refractivity contribution is 0.467. The highest BCUT2D eigenvalue weighted by Gasteiger charge is 2.03. The minimum Gasteiger partial charge on any atom is -0.246 e. The smallest absolute Gasteiger partial charge is 0.0309 e. The van der Waals surface area contributed by atoms with Gasteiger partial charge in [-0.05, 0) is 36.9 Å². The van der Waals surface area contributed by atoms with Gasteiger partial charge in [-0.2, -0.15) is 0 Å². The lowest BCUT2D eigenvalue weighted by atomic mass is 10.4. The van der Waals surface area contributed by atoms with Crippen LogP contribution in [0.2, 0.25) is 0 Å². The van der Waals surface area contributed by atoms with Crippen LogP contribution in [0.5, 0.6) is 0 Å². The minimum atomic E-state index is 1.15. The van der Waals surface area contributed by atoms with E-state index in [0.29, 0.717) is 0 Å². The van der Waals surface area contributed by atoms with Crippen molar-refractivity contribution in [3.8, 4) is 0 Å². The number of rotatable bonds is 6. The molecular weight excluding hydrogens is 190 g/mol. The first-order valence-corrected chi connectivity index (χ1v) is 6.03. The molecule has 1 aromatic rings. The summed E-state index contributed by atoms with van der Waals surface area (Å²) in [5, 5.41) is 0. The maximum absolute atomic E-state index is 3.24. The Morgan fingerprint density at radius 1 is 1.21 bits per heavy atom. The third-order valence-corrected chi connectivity index (χ3v) is 2.93. The zero-order chi connectivity index (χ0) is 10.2. The first kappa shape index (κ1) is 11.6. The SMILES string of the molecule is CCCN(CCC)Sc1[c]cccc1. The molecule has 0 unspecified atom stereocenters. The second-order valence-corrected chi connectivity index (χ2v) is 4.39. The highest BCUT2D eigenvalue weighted by atomic mass is 32.2. The summed E-state index contributed by atoms with van der Waals surface area (Å²) in [6.45, 7) is 6.75. The van der Waals surface area contributed by atoms with Crippen molar-refractivity contribution in [2.75, 3.05) is 13.1 Å². The average Bonchev–Trinajstić information content (AvgIpc) is 2.20. The molecule has 1 radical (unpaired) electrons. The van der Waals surface area contributed by atoms with Gasteiger partial charge in [0.1, 0.15) is 0 Å². The van der Waals surface area contributed by atoms with E-state index in [4.69, 9.17) is 0 Å². The van der Waals surface area contributed by atoms with Crippen LogP contribution in [0.1, 0.15) is 26.7 Å². The number of hydrogen-bond acceptors (Lipinski definition) is 2. The Kier molecular flexibility index (Phi) is 5.72. The van der Waals surface area contributed by atoms with Crippen LogP contribution >= 0.6 is 11.9 Å². The molecule has 0 atom stereocenters. The highest BCUT2D eigenvalue weighted by Crippen LogP contribution is 2.21. The number of nitrogens with zero attached hydrogens (tertiary/aromatic N) is 1. The van der Waals surface area contributed by atoms with Crippen LogP contribution in [-0.4, -0.2) is 17.4 Å². The predicted molar refractivity (Wildman–Crippen MR) is 63.3 cm³/mol. The molecule has 0 aliphatic heterocycles. The van der Waals surface area contributed by atoms with Gasteiger partial charge in [-0.15, -0.1) is 0 Å². The van der Waals surface area contributed by atoms with Crippen molar-refractivity contribution < 1.29 is 0 Å². The van der Waals surface area contributed by atoms with Crippen LogP contribution in [-0.2, 0) is 0 Å². The van der Waals surface area contributed by atoms with E-state index < -0.39 is 0 Å². The van der Waals surface area contributed by atoms with Crippen molar-refractivity contribution in [1.29, 1.82) is 0 Å². The molecule has 1 rings (SSSR count). The standard InChI is InChI=1S/C12H18NS/c1-3-10-13(11-4-2)14-12-8-6-5-7-9-12/h5-8H,3-4,10-11H2,1-2H3. The fraction of sp³-hybridized carbons (Fsp3) is 0.500. The molecule has 2 heteroatoms. The van der Waals surface area contributed by atoms with Crippen molar-refractivity contribution in [2.24, 2.45) is 0 Å². The zero-order valence-electron chi connectivity index (χ0n) is 8.99. The average molecular weight is 208 g/mol. The monoisotopic (exact) mass is 208 g/mol. The summed E-state index contributed by atoms with van der Waals surface area (Å²) >= 11 is 1.82. The molecule has 1 nitrogen and oxygen atoms in total. The first-order valence-electron chi connectivity index (χ1n) is 5.26. The molecule has 0 spiro atoms. The summed E-state index contributed by atoms with van der Waals surface area (Å²) < 4.78 is 2.41. The molecule has 0 saturated heterocycles. The number of benzene rings is 1. The Morgan fingerprint density at radius 3 is 2.43 bits per heavy atom. The van der Waals surface area contributed by atoms with Gasteiger partial charge >= 0.3 is 0 Å². The Bertz CT molecular complexity index is 229. The van der Waals surface area contributed by atoms with E-state index in [1.54, 1.807) is 0 Å². The van der Waals surface area contributed by atoms with Gasteiger partial charge in [0.05, 0.1) is 0 Å². The van der Waals surface area contributed by atoms with Gasteiger partial charge in [-0.25, -0.2) is 4.31 Å². The third-order valence-electron chi connectivity index (χ3n) is 1.85. The molecule has 77 valence electrons. The van der Waals surface area contributed by atoms with Crippen LogP contribution < -0.4 is 0 Å². The molecular formula is C12H18NS. The third kappa shape index (κ3) is 4.16. The molecule has 0 bridgehead atoms. The van der Waals surface area contributed by atoms with Gasteiger partial charge in [0.15, 0.2) is 0 Å². The topological polar surface area (TPSA) is 3.24 Å². The predicted octanol–water partition coefficient (Wildman–Crippen LogP) is 3.62. The fourth-order valence-corrected chi connectivity index (χ4v) is 2.36. The summed E-state index contributed by atoms with van der Waals surface area (Å²) in [6, 6.07) is 11.4. The fourth-order valence-electron chi connectivity index (χ4n) is 1.27. The Labute approximate surface area is 91.6 Å². The van der Waals surface area contributed by atoms with Crippen LogP contribution in [0.25, 0.3) is 0 Å². The van der Waals surface area contributed by atoms with E-state index in [1.165, 1.54) is 17.7 Å². The van der Waals surface area contributed by atoms with Gasteiger partial charge in [0.2, 0.25) is 0 Å². The van der Waals surface area contributed by atoms with E-state index in [0.717, 1.165) is 13.1 Å². The van der Waals surface area contributed by atoms with E-state index in [1.807, 2.05) is 24.1 Å². The maximum atomic E-state index is 3.24.